The Balaban J connectivity index is 0.778. The molecule has 5 saturated heterocycles. The molecule has 85 heavy (non-hydrogen) atoms. The van der Waals surface area contributed by atoms with Crippen molar-refractivity contribution in [1.82, 2.24) is 0 Å². The van der Waals surface area contributed by atoms with Gasteiger partial charge in [0.25, 0.3) is 0 Å². The second kappa shape index (κ2) is 24.4. The minimum absolute atomic E-state index is 0.0272. The number of aliphatic carboxylic acids is 1. The number of aliphatic hydroxyl groups excluding tert-OH is 14. The number of hydrogen-bond donors (Lipinski definition) is 15. The third kappa shape index (κ3) is 11.1. The number of carbonyl (C=O) groups is 1. The number of allylic oxidation sites excluding steroid dienone is 2. The third-order valence-corrected chi connectivity index (χ3v) is 23.2. The zero-order valence-corrected chi connectivity index (χ0v) is 49.8. The van der Waals surface area contributed by atoms with Crippen molar-refractivity contribution in [3.05, 3.63) is 11.6 Å². The Kier molecular flexibility index (Phi) is 19.0. The van der Waals surface area contributed by atoms with Crippen molar-refractivity contribution in [2.75, 3.05) is 26.4 Å². The summed E-state index contributed by atoms with van der Waals surface area (Å²) in [6.45, 7) is 14.4. The van der Waals surface area contributed by atoms with Crippen LogP contribution in [0.25, 0.3) is 0 Å². The molecule has 4 saturated carbocycles. The van der Waals surface area contributed by atoms with Gasteiger partial charge in [-0.1, -0.05) is 53.2 Å². The standard InChI is InChI=1S/C59H96O26/c1-24-34(63)37(66)41(70)49(78-24)84-46-29(20-60)80-48(43(72)40(46)69)77-22-30-36(65)38(67)42(71)51(81-30)83-45-25(2)79-50(44(73)39(45)68)85-47-35(64)28(62)21-76-52(47)82-33-12-13-55(5)31(56(33,6)23-61)11-14-58(8)32(55)10-9-26-27-19-54(3,4)15-17-59(27,53(74)75)18-16-57(26,58)7/h9,24-25,27-52,60-73H,10-23H2,1-8H3,(H,74,75)/t24-,25-,27-,28-,29+,30+,31+,32+,33-,34-,35-,36+,37+,38-,39-,40+,41+,42+,43+,44+,45-,46+,47+,48+,49-,50-,51-,52-,55-,56-,57+,58+,59-/m0/s1. The van der Waals surface area contributed by atoms with Crippen LogP contribution in [0.1, 0.15) is 120 Å². The molecule has 0 aromatic carbocycles. The van der Waals surface area contributed by atoms with Crippen molar-refractivity contribution < 1.29 is 129 Å². The first-order valence-corrected chi connectivity index (χ1v) is 30.6. The van der Waals surface area contributed by atoms with Gasteiger partial charge < -0.3 is 124 Å². The van der Waals surface area contributed by atoms with E-state index in [2.05, 4.69) is 40.7 Å². The van der Waals surface area contributed by atoms with E-state index < -0.39 is 184 Å². The average molecular weight is 1220 g/mol. The number of aliphatic hydroxyl groups is 14. The fourth-order valence-corrected chi connectivity index (χ4v) is 17.7. The fraction of sp³-hybridized carbons (Fsp3) is 0.949. The number of fused-ring (bicyclic) bond motifs is 7. The SMILES string of the molecule is C[C@@H]1O[C@@H](O[C@H]2[C@H](O)[C@@H](O)[C@H](OC[C@H]3O[C@@H](O[C@@H]4[C@@H](O)[C@@H](O)[C@H](O[C@H]5[C@H](O[C@H]6CC[C@@]7(C)[C@@H](CC[C@]8(C)[C@@H]7CC=C7[C@@H]9CC(C)(C)CC[C@]9(C(=O)O)CC[C@]78C)[C@]6(C)CO)OC[C@H](O)[C@@H]5O)O[C@H]4C)[C@H](O)[C@@H](O)[C@@H]3O)O[C@@H]2CO)[C@H](O)[C@H](O)[C@H]1O. The van der Waals surface area contributed by atoms with Crippen LogP contribution in [0.15, 0.2) is 11.6 Å². The molecule has 10 aliphatic rings. The normalized spacial score (nSPS) is 55.3. The molecule has 0 amide bonds. The highest BCUT2D eigenvalue weighted by atomic mass is 16.8. The maximum absolute atomic E-state index is 13.2. The molecule has 0 aromatic rings. The van der Waals surface area contributed by atoms with Gasteiger partial charge in [-0.3, -0.25) is 4.79 Å². The predicted octanol–water partition coefficient (Wildman–Crippen LogP) is -1.98. The van der Waals surface area contributed by atoms with Gasteiger partial charge in [-0.15, -0.1) is 0 Å². The Bertz CT molecular complexity index is 2370. The van der Waals surface area contributed by atoms with Gasteiger partial charge >= 0.3 is 5.97 Å². The van der Waals surface area contributed by atoms with E-state index in [0.29, 0.717) is 19.3 Å². The molecule has 0 aromatic heterocycles. The summed E-state index contributed by atoms with van der Waals surface area (Å²) in [4.78, 5) is 13.2. The molecular formula is C59H96O26. The molecule has 26 nitrogen and oxygen atoms in total. The maximum atomic E-state index is 13.2. The molecule has 5 aliphatic carbocycles. The van der Waals surface area contributed by atoms with Crippen LogP contribution in [-0.2, 0) is 52.2 Å². The second-order valence-electron chi connectivity index (χ2n) is 28.5. The minimum atomic E-state index is -1.97. The van der Waals surface area contributed by atoms with Gasteiger partial charge in [-0.25, -0.2) is 0 Å². The summed E-state index contributed by atoms with van der Waals surface area (Å²) in [6.07, 6.45) is -30.5. The largest absolute Gasteiger partial charge is 0.481 e. The summed E-state index contributed by atoms with van der Waals surface area (Å²) >= 11 is 0. The zero-order valence-electron chi connectivity index (χ0n) is 49.8. The number of rotatable bonds is 14. The number of carboxylic acid groups (broad SMARTS) is 1. The van der Waals surface area contributed by atoms with E-state index in [1.165, 1.54) is 19.4 Å². The fourth-order valence-electron chi connectivity index (χ4n) is 17.7. The molecule has 9 fully saturated rings. The molecular weight excluding hydrogens is 1120 g/mol. The highest BCUT2D eigenvalue weighted by Crippen LogP contribution is 2.76. The Morgan fingerprint density at radius 2 is 1.14 bits per heavy atom. The van der Waals surface area contributed by atoms with Crippen LogP contribution in [-0.4, -0.2) is 263 Å². The number of ether oxygens (including phenoxy) is 10. The van der Waals surface area contributed by atoms with E-state index in [0.717, 1.165) is 44.9 Å². The van der Waals surface area contributed by atoms with Crippen molar-refractivity contribution in [1.29, 1.82) is 0 Å². The predicted molar refractivity (Wildman–Crippen MR) is 288 cm³/mol. The van der Waals surface area contributed by atoms with E-state index >= 15 is 0 Å². The van der Waals surface area contributed by atoms with Gasteiger partial charge in [0.05, 0.1) is 50.2 Å². The van der Waals surface area contributed by atoms with Crippen LogP contribution in [0.4, 0.5) is 0 Å². The molecule has 15 N–H and O–H groups in total. The summed E-state index contributed by atoms with van der Waals surface area (Å²) in [5.74, 6) is -0.545. The van der Waals surface area contributed by atoms with Crippen LogP contribution >= 0.6 is 0 Å². The highest BCUT2D eigenvalue weighted by Gasteiger charge is 2.70. The van der Waals surface area contributed by atoms with Crippen LogP contribution in [0, 0.1) is 50.2 Å². The van der Waals surface area contributed by atoms with E-state index in [1.807, 2.05) is 6.92 Å². The lowest BCUT2D eigenvalue weighted by Crippen LogP contribution is -2.67. The van der Waals surface area contributed by atoms with Crippen LogP contribution in [0.2, 0.25) is 0 Å². The molecule has 33 atom stereocenters. The minimum Gasteiger partial charge on any atom is -0.481 e. The van der Waals surface area contributed by atoms with Gasteiger partial charge in [0.1, 0.15) is 104 Å². The molecule has 0 spiro atoms. The molecule has 0 radical (unpaired) electrons. The quantitative estimate of drug-likeness (QED) is 0.0662. The summed E-state index contributed by atoms with van der Waals surface area (Å²) in [7, 11) is 0. The van der Waals surface area contributed by atoms with Crippen molar-refractivity contribution in [3.8, 4) is 0 Å². The smallest absolute Gasteiger partial charge is 0.310 e. The first-order valence-electron chi connectivity index (χ1n) is 30.6. The van der Waals surface area contributed by atoms with E-state index in [-0.39, 0.29) is 52.6 Å². The molecule has 0 bridgehead atoms. The zero-order chi connectivity index (χ0) is 62.0. The van der Waals surface area contributed by atoms with Crippen LogP contribution in [0.5, 0.6) is 0 Å². The Morgan fingerprint density at radius 1 is 0.565 bits per heavy atom. The second-order valence-corrected chi connectivity index (χ2v) is 28.5. The van der Waals surface area contributed by atoms with Crippen LogP contribution < -0.4 is 0 Å². The summed E-state index contributed by atoms with van der Waals surface area (Å²) in [5, 5.41) is 164. The lowest BCUT2D eigenvalue weighted by atomic mass is 9.33. The van der Waals surface area contributed by atoms with Gasteiger partial charge in [-0.2, -0.15) is 0 Å². The Morgan fingerprint density at radius 3 is 1.80 bits per heavy atom. The molecule has 26 heteroatoms. The molecule has 5 aliphatic heterocycles. The number of carboxylic acids is 1. The van der Waals surface area contributed by atoms with E-state index in [9.17, 15) is 81.4 Å². The summed E-state index contributed by atoms with van der Waals surface area (Å²) in [6, 6.07) is 0. The van der Waals surface area contributed by atoms with Gasteiger partial charge in [0.15, 0.2) is 31.5 Å². The Labute approximate surface area is 494 Å². The van der Waals surface area contributed by atoms with Gasteiger partial charge in [0, 0.05) is 5.41 Å². The monoisotopic (exact) mass is 1220 g/mol. The van der Waals surface area contributed by atoms with E-state index in [4.69, 9.17) is 47.4 Å². The molecule has 488 valence electrons. The third-order valence-electron chi connectivity index (χ3n) is 23.2. The average Bonchev–Trinajstić information content (AvgIpc) is 0.698. The highest BCUT2D eigenvalue weighted by molar-refractivity contribution is 5.76. The lowest BCUT2D eigenvalue weighted by molar-refractivity contribution is -0.384. The Hall–Kier alpha value is -1.75. The van der Waals surface area contributed by atoms with Crippen LogP contribution in [0.3, 0.4) is 0 Å². The summed E-state index contributed by atoms with van der Waals surface area (Å²) in [5.41, 5.74) is -0.898. The van der Waals surface area contributed by atoms with Crippen molar-refractivity contribution in [2.24, 2.45) is 50.2 Å². The lowest BCUT2D eigenvalue weighted by Gasteiger charge is -2.71. The topological polar surface area (TPSA) is 413 Å². The summed E-state index contributed by atoms with van der Waals surface area (Å²) < 4.78 is 59.3. The number of hydrogen-bond acceptors (Lipinski definition) is 25. The molecule has 10 rings (SSSR count). The first-order chi connectivity index (χ1) is 39.8. The molecule has 0 unspecified atom stereocenters. The van der Waals surface area contributed by atoms with Crippen molar-refractivity contribution in [3.63, 3.8) is 0 Å². The van der Waals surface area contributed by atoms with Gasteiger partial charge in [0.2, 0.25) is 0 Å². The first kappa shape index (κ1) is 66.2. The van der Waals surface area contributed by atoms with E-state index in [1.54, 1.807) is 0 Å². The van der Waals surface area contributed by atoms with Crippen molar-refractivity contribution in [2.45, 2.75) is 273 Å². The molecule has 5 heterocycles. The van der Waals surface area contributed by atoms with Crippen molar-refractivity contribution >= 4 is 5.97 Å². The van der Waals surface area contributed by atoms with Gasteiger partial charge in [-0.05, 0) is 117 Å². The maximum Gasteiger partial charge on any atom is 0.310 e.